The van der Waals surface area contributed by atoms with Crippen molar-refractivity contribution < 1.29 is 4.79 Å². The fourth-order valence-corrected chi connectivity index (χ4v) is 0.992. The summed E-state index contributed by atoms with van der Waals surface area (Å²) in [5.41, 5.74) is 2.50. The Balaban J connectivity index is 0.00000121. The molecule has 0 saturated heterocycles. The Morgan fingerprint density at radius 2 is 2.33 bits per heavy atom. The lowest BCUT2D eigenvalue weighted by atomic mass is 10.3. The monoisotopic (exact) mass is 251 g/mol. The Bertz CT molecular complexity index is 281. The molecule has 1 aromatic rings. The Morgan fingerprint density at radius 1 is 1.67 bits per heavy atom. The quantitative estimate of drug-likeness (QED) is 0.337. The molecule has 0 aliphatic rings. The molecule has 0 aromatic carbocycles. The van der Waals surface area contributed by atoms with E-state index in [1.54, 1.807) is 12.1 Å². The summed E-state index contributed by atoms with van der Waals surface area (Å²) in [6.45, 7) is 0. The van der Waals surface area contributed by atoms with E-state index in [4.69, 9.17) is 5.84 Å². The van der Waals surface area contributed by atoms with Crippen LogP contribution in [0.2, 0.25) is 0 Å². The zero-order chi connectivity index (χ0) is 8.27. The van der Waals surface area contributed by atoms with Crippen LogP contribution >= 0.6 is 28.3 Å². The first-order valence-electron chi connectivity index (χ1n) is 2.86. The number of pyridine rings is 1. The van der Waals surface area contributed by atoms with E-state index in [0.29, 0.717) is 10.2 Å². The van der Waals surface area contributed by atoms with Crippen LogP contribution in [0.25, 0.3) is 0 Å². The third kappa shape index (κ3) is 2.77. The highest BCUT2D eigenvalue weighted by atomic mass is 79.9. The van der Waals surface area contributed by atoms with Gasteiger partial charge in [-0.3, -0.25) is 10.2 Å². The SMILES string of the molecule is Cl.NNC(=O)c1ccnc(Br)c1. The van der Waals surface area contributed by atoms with Gasteiger partial charge in [0.2, 0.25) is 0 Å². The molecule has 12 heavy (non-hydrogen) atoms. The number of nitrogens with two attached hydrogens (primary N) is 1. The van der Waals surface area contributed by atoms with Crippen molar-refractivity contribution in [3.05, 3.63) is 28.5 Å². The van der Waals surface area contributed by atoms with Gasteiger partial charge < -0.3 is 0 Å². The van der Waals surface area contributed by atoms with E-state index in [9.17, 15) is 4.79 Å². The van der Waals surface area contributed by atoms with E-state index < -0.39 is 0 Å². The maximum absolute atomic E-state index is 10.9. The summed E-state index contributed by atoms with van der Waals surface area (Å²) in [5, 5.41) is 0. The molecule has 6 heteroatoms. The van der Waals surface area contributed by atoms with Gasteiger partial charge in [-0.05, 0) is 28.1 Å². The summed E-state index contributed by atoms with van der Waals surface area (Å²) in [6, 6.07) is 3.16. The topological polar surface area (TPSA) is 68.0 Å². The molecule has 1 amide bonds. The van der Waals surface area contributed by atoms with Gasteiger partial charge in [0.1, 0.15) is 4.60 Å². The fraction of sp³-hybridized carbons (Fsp3) is 0. The number of nitrogens with zero attached hydrogens (tertiary/aromatic N) is 1. The maximum Gasteiger partial charge on any atom is 0.265 e. The van der Waals surface area contributed by atoms with Crippen molar-refractivity contribution in [1.82, 2.24) is 10.4 Å². The highest BCUT2D eigenvalue weighted by Crippen LogP contribution is 2.07. The minimum atomic E-state index is -0.326. The highest BCUT2D eigenvalue weighted by Gasteiger charge is 2.02. The fourth-order valence-electron chi connectivity index (χ4n) is 0.627. The summed E-state index contributed by atoms with van der Waals surface area (Å²) < 4.78 is 0.610. The van der Waals surface area contributed by atoms with Crippen molar-refractivity contribution in [2.75, 3.05) is 0 Å². The molecular formula is C6H7BrClN3O. The standard InChI is InChI=1S/C6H6BrN3O.ClH/c7-5-3-4(1-2-9-5)6(11)10-8;/h1-3H,8H2,(H,10,11);1H. The number of aromatic nitrogens is 1. The molecule has 0 saturated carbocycles. The molecule has 0 fully saturated rings. The van der Waals surface area contributed by atoms with E-state index in [2.05, 4.69) is 20.9 Å². The van der Waals surface area contributed by atoms with Crippen LogP contribution < -0.4 is 11.3 Å². The second kappa shape index (κ2) is 5.08. The summed E-state index contributed by atoms with van der Waals surface area (Å²) in [5.74, 6) is 4.59. The van der Waals surface area contributed by atoms with E-state index in [-0.39, 0.29) is 18.3 Å². The first-order chi connectivity index (χ1) is 5.24. The van der Waals surface area contributed by atoms with Crippen LogP contribution in [0.3, 0.4) is 0 Å². The van der Waals surface area contributed by atoms with Gasteiger partial charge in [-0.25, -0.2) is 10.8 Å². The van der Waals surface area contributed by atoms with Crippen LogP contribution in [0.1, 0.15) is 10.4 Å². The minimum absolute atomic E-state index is 0. The van der Waals surface area contributed by atoms with Gasteiger partial charge in [-0.15, -0.1) is 12.4 Å². The summed E-state index contributed by atoms with van der Waals surface area (Å²) >= 11 is 3.13. The number of carbonyl (C=O) groups excluding carboxylic acids is 1. The molecule has 0 bridgehead atoms. The van der Waals surface area contributed by atoms with E-state index in [1.807, 2.05) is 5.43 Å². The molecular weight excluding hydrogens is 245 g/mol. The van der Waals surface area contributed by atoms with Gasteiger partial charge in [0.15, 0.2) is 0 Å². The number of hydrazine groups is 1. The van der Waals surface area contributed by atoms with Crippen molar-refractivity contribution in [1.29, 1.82) is 0 Å². The van der Waals surface area contributed by atoms with Crippen LogP contribution in [0.4, 0.5) is 0 Å². The Kier molecular flexibility index (Phi) is 4.80. The third-order valence-electron chi connectivity index (χ3n) is 1.12. The number of carbonyl (C=O) groups is 1. The van der Waals surface area contributed by atoms with E-state index >= 15 is 0 Å². The van der Waals surface area contributed by atoms with Crippen molar-refractivity contribution >= 4 is 34.2 Å². The predicted octanol–water partition coefficient (Wildman–Crippen LogP) is 0.869. The number of rotatable bonds is 1. The predicted molar refractivity (Wildman–Crippen MR) is 50.8 cm³/mol. The molecule has 4 nitrogen and oxygen atoms in total. The Morgan fingerprint density at radius 3 is 2.83 bits per heavy atom. The number of nitrogen functional groups attached to an aromatic ring is 1. The van der Waals surface area contributed by atoms with Gasteiger partial charge in [-0.2, -0.15) is 0 Å². The van der Waals surface area contributed by atoms with Crippen molar-refractivity contribution in [2.45, 2.75) is 0 Å². The number of hydrogen-bond acceptors (Lipinski definition) is 3. The molecule has 3 N–H and O–H groups in total. The summed E-state index contributed by atoms with van der Waals surface area (Å²) in [7, 11) is 0. The number of amides is 1. The summed E-state index contributed by atoms with van der Waals surface area (Å²) in [4.78, 5) is 14.7. The molecule has 0 aliphatic carbocycles. The van der Waals surface area contributed by atoms with Gasteiger partial charge in [0, 0.05) is 11.8 Å². The Labute approximate surface area is 84.1 Å². The van der Waals surface area contributed by atoms with Crippen molar-refractivity contribution in [2.24, 2.45) is 5.84 Å². The van der Waals surface area contributed by atoms with Gasteiger partial charge in [-0.1, -0.05) is 0 Å². The third-order valence-corrected chi connectivity index (χ3v) is 1.55. The van der Waals surface area contributed by atoms with E-state index in [0.717, 1.165) is 0 Å². The van der Waals surface area contributed by atoms with Crippen LogP contribution in [0, 0.1) is 0 Å². The maximum atomic E-state index is 10.9. The molecule has 1 rings (SSSR count). The average molecular weight is 252 g/mol. The van der Waals surface area contributed by atoms with Crippen LogP contribution in [0.5, 0.6) is 0 Å². The number of nitrogens with one attached hydrogen (secondary N) is 1. The Hall–Kier alpha value is -0.650. The second-order valence-electron chi connectivity index (χ2n) is 1.84. The average Bonchev–Trinajstić information content (AvgIpc) is 2.03. The van der Waals surface area contributed by atoms with Crippen molar-refractivity contribution in [3.63, 3.8) is 0 Å². The first-order valence-corrected chi connectivity index (χ1v) is 3.66. The first kappa shape index (κ1) is 11.4. The minimum Gasteiger partial charge on any atom is -0.290 e. The number of halogens is 2. The summed E-state index contributed by atoms with van der Waals surface area (Å²) in [6.07, 6.45) is 1.52. The molecule has 0 spiro atoms. The lowest BCUT2D eigenvalue weighted by Crippen LogP contribution is -2.29. The molecule has 66 valence electrons. The van der Waals surface area contributed by atoms with Gasteiger partial charge in [0.05, 0.1) is 0 Å². The van der Waals surface area contributed by atoms with Crippen molar-refractivity contribution in [3.8, 4) is 0 Å². The zero-order valence-electron chi connectivity index (χ0n) is 5.95. The molecule has 1 heterocycles. The highest BCUT2D eigenvalue weighted by molar-refractivity contribution is 9.10. The normalized spacial score (nSPS) is 8.50. The van der Waals surface area contributed by atoms with Crippen LogP contribution in [-0.2, 0) is 0 Å². The molecule has 1 aromatic heterocycles. The second-order valence-corrected chi connectivity index (χ2v) is 2.65. The largest absolute Gasteiger partial charge is 0.290 e. The van der Waals surface area contributed by atoms with Crippen LogP contribution in [-0.4, -0.2) is 10.9 Å². The molecule has 0 aliphatic heterocycles. The van der Waals surface area contributed by atoms with Crippen LogP contribution in [0.15, 0.2) is 22.9 Å². The lowest BCUT2D eigenvalue weighted by Gasteiger charge is -1.97. The molecule has 0 unspecified atom stereocenters. The number of hydrogen-bond donors (Lipinski definition) is 2. The van der Waals surface area contributed by atoms with E-state index in [1.165, 1.54) is 6.20 Å². The molecule has 0 radical (unpaired) electrons. The van der Waals surface area contributed by atoms with Gasteiger partial charge >= 0.3 is 0 Å². The smallest absolute Gasteiger partial charge is 0.265 e. The lowest BCUT2D eigenvalue weighted by molar-refractivity contribution is 0.0953. The molecule has 0 atom stereocenters. The zero-order valence-corrected chi connectivity index (χ0v) is 8.35. The van der Waals surface area contributed by atoms with Gasteiger partial charge in [0.25, 0.3) is 5.91 Å².